The number of nitrogens with one attached hydrogen (secondary N) is 1. The maximum absolute atomic E-state index is 11.1. The van der Waals surface area contributed by atoms with E-state index in [1.54, 1.807) is 12.3 Å². The van der Waals surface area contributed by atoms with Crippen LogP contribution in [0.5, 0.6) is 0 Å². The molecule has 0 aliphatic carbocycles. The van der Waals surface area contributed by atoms with Crippen molar-refractivity contribution in [3.8, 4) is 0 Å². The van der Waals surface area contributed by atoms with Crippen molar-refractivity contribution >= 4 is 34.7 Å². The van der Waals surface area contributed by atoms with E-state index in [4.69, 9.17) is 4.42 Å². The molecule has 2 heterocycles. The Kier molecular flexibility index (Phi) is 4.05. The first kappa shape index (κ1) is 12.8. The average molecular weight is 350 g/mol. The summed E-state index contributed by atoms with van der Waals surface area (Å²) in [6.45, 7) is 1.88. The molecule has 1 aliphatic heterocycles. The van der Waals surface area contributed by atoms with Crippen LogP contribution in [0.15, 0.2) is 16.7 Å². The summed E-state index contributed by atoms with van der Waals surface area (Å²) < 4.78 is 5.82. The van der Waals surface area contributed by atoms with Crippen LogP contribution in [0.25, 0.3) is 0 Å². The predicted octanol–water partition coefficient (Wildman–Crippen LogP) is 0.961. The highest BCUT2D eigenvalue weighted by atomic mass is 127. The van der Waals surface area contributed by atoms with Crippen molar-refractivity contribution in [2.24, 2.45) is 0 Å². The third kappa shape index (κ3) is 2.99. The van der Waals surface area contributed by atoms with E-state index >= 15 is 0 Å². The normalized spacial score (nSPS) is 18.9. The minimum atomic E-state index is -0.799. The molecule has 1 aromatic rings. The topological polar surface area (TPSA) is 65.7 Å². The van der Waals surface area contributed by atoms with Crippen LogP contribution in [0.3, 0.4) is 0 Å². The lowest BCUT2D eigenvalue weighted by atomic mass is 9.92. The Hall–Kier alpha value is -0.600. The number of anilines is 1. The number of aliphatic hydroxyl groups is 1. The molecule has 2 rings (SSSR count). The highest BCUT2D eigenvalue weighted by Gasteiger charge is 2.32. The maximum atomic E-state index is 11.1. The molecular formula is C11H15IN2O3. The molecule has 1 aliphatic rings. The van der Waals surface area contributed by atoms with E-state index in [0.717, 1.165) is 19.5 Å². The van der Waals surface area contributed by atoms with Gasteiger partial charge in [-0.1, -0.05) is 0 Å². The highest BCUT2D eigenvalue weighted by Crippen LogP contribution is 2.26. The lowest BCUT2D eigenvalue weighted by molar-refractivity contribution is -0.108. The number of nitrogens with zero attached hydrogens (tertiary/aromatic N) is 1. The Balaban J connectivity index is 2.09. The van der Waals surface area contributed by atoms with Crippen LogP contribution in [0.1, 0.15) is 12.8 Å². The standard InChI is InChI=1S/C11H15IN2O3/c12-10-9(1-6-17-10)14(8-15)7-11(16)2-4-13-5-3-11/h1,6,8,13,16H,2-5,7H2. The van der Waals surface area contributed by atoms with Crippen LogP contribution in [-0.2, 0) is 4.79 Å². The molecule has 1 saturated heterocycles. The van der Waals surface area contributed by atoms with Crippen molar-refractivity contribution in [1.29, 1.82) is 0 Å². The fraction of sp³-hybridized carbons (Fsp3) is 0.545. The number of amides is 1. The fourth-order valence-electron chi connectivity index (χ4n) is 2.04. The molecular weight excluding hydrogens is 335 g/mol. The van der Waals surface area contributed by atoms with Gasteiger partial charge in [0.1, 0.15) is 0 Å². The summed E-state index contributed by atoms with van der Waals surface area (Å²) in [4.78, 5) is 12.6. The molecule has 0 unspecified atom stereocenters. The fourth-order valence-corrected chi connectivity index (χ4v) is 2.68. The van der Waals surface area contributed by atoms with Crippen molar-refractivity contribution in [2.45, 2.75) is 18.4 Å². The van der Waals surface area contributed by atoms with E-state index in [2.05, 4.69) is 5.32 Å². The van der Waals surface area contributed by atoms with Crippen LogP contribution >= 0.6 is 22.6 Å². The van der Waals surface area contributed by atoms with E-state index in [-0.39, 0.29) is 0 Å². The maximum Gasteiger partial charge on any atom is 0.214 e. The molecule has 0 aromatic carbocycles. The third-order valence-corrected chi connectivity index (χ3v) is 3.84. The Morgan fingerprint density at radius 2 is 2.29 bits per heavy atom. The zero-order valence-corrected chi connectivity index (χ0v) is 11.5. The van der Waals surface area contributed by atoms with Gasteiger partial charge in [-0.05, 0) is 25.9 Å². The van der Waals surface area contributed by atoms with Gasteiger partial charge in [-0.3, -0.25) is 4.79 Å². The van der Waals surface area contributed by atoms with Gasteiger partial charge in [0.15, 0.2) is 3.77 Å². The van der Waals surface area contributed by atoms with Crippen LogP contribution in [-0.4, -0.2) is 36.8 Å². The van der Waals surface area contributed by atoms with Gasteiger partial charge >= 0.3 is 0 Å². The molecule has 0 spiro atoms. The molecule has 1 amide bonds. The molecule has 2 N–H and O–H groups in total. The second-order valence-electron chi connectivity index (χ2n) is 4.29. The molecule has 1 aromatic heterocycles. The third-order valence-electron chi connectivity index (χ3n) is 3.03. The molecule has 0 atom stereocenters. The predicted molar refractivity (Wildman–Crippen MR) is 71.9 cm³/mol. The minimum absolute atomic E-state index is 0.313. The van der Waals surface area contributed by atoms with Crippen LogP contribution in [0.2, 0.25) is 0 Å². The molecule has 94 valence electrons. The average Bonchev–Trinajstić information content (AvgIpc) is 2.73. The van der Waals surface area contributed by atoms with Gasteiger partial charge < -0.3 is 19.7 Å². The molecule has 0 bridgehead atoms. The van der Waals surface area contributed by atoms with Gasteiger partial charge in [0, 0.05) is 28.7 Å². The van der Waals surface area contributed by atoms with Crippen molar-refractivity contribution in [3.63, 3.8) is 0 Å². The van der Waals surface area contributed by atoms with Crippen molar-refractivity contribution in [1.82, 2.24) is 5.32 Å². The Morgan fingerprint density at radius 3 is 2.82 bits per heavy atom. The quantitative estimate of drug-likeness (QED) is 0.627. The molecule has 1 fully saturated rings. The Bertz CT molecular complexity index is 388. The van der Waals surface area contributed by atoms with E-state index in [1.165, 1.54) is 4.90 Å². The van der Waals surface area contributed by atoms with E-state index < -0.39 is 5.60 Å². The summed E-state index contributed by atoms with van der Waals surface area (Å²) in [6, 6.07) is 1.74. The first-order chi connectivity index (χ1) is 8.14. The number of rotatable bonds is 4. The summed E-state index contributed by atoms with van der Waals surface area (Å²) in [5.74, 6) is 0. The van der Waals surface area contributed by atoms with Gasteiger partial charge in [0.25, 0.3) is 0 Å². The van der Waals surface area contributed by atoms with E-state index in [9.17, 15) is 9.90 Å². The van der Waals surface area contributed by atoms with Crippen molar-refractivity contribution in [3.05, 3.63) is 16.1 Å². The molecule has 5 nitrogen and oxygen atoms in total. The zero-order chi connectivity index (χ0) is 12.3. The van der Waals surface area contributed by atoms with Crippen molar-refractivity contribution < 1.29 is 14.3 Å². The monoisotopic (exact) mass is 350 g/mol. The summed E-state index contributed by atoms with van der Waals surface area (Å²) in [6.07, 6.45) is 3.60. The van der Waals surface area contributed by atoms with E-state index in [0.29, 0.717) is 28.8 Å². The first-order valence-corrected chi connectivity index (χ1v) is 6.60. The molecule has 0 saturated carbocycles. The molecule has 6 heteroatoms. The summed E-state index contributed by atoms with van der Waals surface area (Å²) in [5, 5.41) is 13.6. The van der Waals surface area contributed by atoms with E-state index in [1.807, 2.05) is 22.6 Å². The molecule has 0 radical (unpaired) electrons. The van der Waals surface area contributed by atoms with Gasteiger partial charge in [0.2, 0.25) is 6.41 Å². The summed E-state index contributed by atoms with van der Waals surface area (Å²) in [5.41, 5.74) is -0.0838. The number of hydrogen-bond acceptors (Lipinski definition) is 4. The number of hydrogen-bond donors (Lipinski definition) is 2. The minimum Gasteiger partial charge on any atom is -0.456 e. The Labute approximate surface area is 113 Å². The van der Waals surface area contributed by atoms with Crippen LogP contribution in [0, 0.1) is 3.77 Å². The number of furan rings is 1. The number of carbonyl (C=O) groups excluding carboxylic acids is 1. The van der Waals surface area contributed by atoms with Crippen LogP contribution < -0.4 is 10.2 Å². The Morgan fingerprint density at radius 1 is 1.59 bits per heavy atom. The first-order valence-electron chi connectivity index (χ1n) is 5.53. The smallest absolute Gasteiger partial charge is 0.214 e. The lowest BCUT2D eigenvalue weighted by Crippen LogP contribution is -2.49. The second kappa shape index (κ2) is 5.36. The number of carbonyl (C=O) groups is 1. The largest absolute Gasteiger partial charge is 0.456 e. The van der Waals surface area contributed by atoms with Crippen LogP contribution in [0.4, 0.5) is 5.69 Å². The summed E-state index contributed by atoms with van der Waals surface area (Å²) in [7, 11) is 0. The van der Waals surface area contributed by atoms with Crippen molar-refractivity contribution in [2.75, 3.05) is 24.5 Å². The lowest BCUT2D eigenvalue weighted by Gasteiger charge is -2.35. The SMILES string of the molecule is O=CN(CC1(O)CCNCC1)c1ccoc1I. The van der Waals surface area contributed by atoms with Gasteiger partial charge in [0.05, 0.1) is 24.1 Å². The van der Waals surface area contributed by atoms with Gasteiger partial charge in [-0.25, -0.2) is 0 Å². The number of halogens is 1. The highest BCUT2D eigenvalue weighted by molar-refractivity contribution is 14.1. The summed E-state index contributed by atoms with van der Waals surface area (Å²) >= 11 is 2.03. The van der Waals surface area contributed by atoms with Gasteiger partial charge in [-0.15, -0.1) is 0 Å². The van der Waals surface area contributed by atoms with Gasteiger partial charge in [-0.2, -0.15) is 0 Å². The second-order valence-corrected chi connectivity index (χ2v) is 5.27. The molecule has 17 heavy (non-hydrogen) atoms. The zero-order valence-electron chi connectivity index (χ0n) is 9.36. The number of piperidine rings is 1.